The molecule has 0 unspecified atom stereocenters. The quantitative estimate of drug-likeness (QED) is 0.893. The Balaban J connectivity index is 2.17. The molecule has 0 aliphatic rings. The fraction of sp³-hybridized carbons (Fsp3) is 0.429. The van der Waals surface area contributed by atoms with E-state index in [1.54, 1.807) is 19.1 Å². The fourth-order valence-corrected chi connectivity index (χ4v) is 2.91. The molecule has 0 atom stereocenters. The van der Waals surface area contributed by atoms with E-state index in [0.29, 0.717) is 17.0 Å². The van der Waals surface area contributed by atoms with Crippen LogP contribution in [-0.4, -0.2) is 18.6 Å². The van der Waals surface area contributed by atoms with Gasteiger partial charge in [0.15, 0.2) is 0 Å². The van der Waals surface area contributed by atoms with E-state index < -0.39 is 10.0 Å². The summed E-state index contributed by atoms with van der Waals surface area (Å²) in [5, 5.41) is 3.78. The van der Waals surface area contributed by atoms with Crippen LogP contribution in [0.3, 0.4) is 0 Å². The molecule has 120 valence electrons. The number of hydrogen-bond acceptors (Lipinski definition) is 5. The highest BCUT2D eigenvalue weighted by Gasteiger charge is 2.22. The predicted molar refractivity (Wildman–Crippen MR) is 83.2 cm³/mol. The highest BCUT2D eigenvalue weighted by molar-refractivity contribution is 7.91. The normalized spacial score (nSPS) is 12.4. The summed E-state index contributed by atoms with van der Waals surface area (Å²) < 4.78 is 31.8. The van der Waals surface area contributed by atoms with Gasteiger partial charge in [-0.2, -0.15) is 0 Å². The molecule has 0 fully saturated rings. The Kier molecular flexibility index (Phi) is 4.15. The summed E-state index contributed by atoms with van der Waals surface area (Å²) in [5.74, 6) is 0.411. The van der Waals surface area contributed by atoms with E-state index in [9.17, 15) is 13.2 Å². The van der Waals surface area contributed by atoms with Crippen molar-refractivity contribution >= 4 is 15.8 Å². The smallest absolute Gasteiger partial charge is 0.249 e. The second-order valence-electron chi connectivity index (χ2n) is 6.23. The summed E-state index contributed by atoms with van der Waals surface area (Å²) >= 11 is 0. The monoisotopic (exact) mass is 325 g/mol. The maximum atomic E-state index is 12.1. The van der Waals surface area contributed by atoms with Gasteiger partial charge in [0.1, 0.15) is 23.0 Å². The van der Waals surface area contributed by atoms with E-state index in [2.05, 4.69) is 14.9 Å². The standard InChI is InChI=1S/C14H19N3O4S/c1-9-5-12(15-13(18)6-9)17-22(19,20)8-10-7-11(21-16-10)14(2,3)4/h5-7H,8H2,1-4H3,(H2,15,17,18). The van der Waals surface area contributed by atoms with Gasteiger partial charge in [-0.15, -0.1) is 0 Å². The van der Waals surface area contributed by atoms with Crippen LogP contribution in [0.25, 0.3) is 0 Å². The molecule has 0 saturated carbocycles. The average Bonchev–Trinajstić information content (AvgIpc) is 2.73. The van der Waals surface area contributed by atoms with Crippen molar-refractivity contribution in [2.75, 3.05) is 4.72 Å². The van der Waals surface area contributed by atoms with Crippen LogP contribution in [0.4, 0.5) is 5.82 Å². The van der Waals surface area contributed by atoms with Crippen LogP contribution in [0.2, 0.25) is 0 Å². The van der Waals surface area contributed by atoms with E-state index in [1.807, 2.05) is 20.8 Å². The van der Waals surface area contributed by atoms with Gasteiger partial charge in [0.2, 0.25) is 15.6 Å². The van der Waals surface area contributed by atoms with Crippen LogP contribution in [0.1, 0.15) is 37.8 Å². The lowest BCUT2D eigenvalue weighted by atomic mass is 9.93. The van der Waals surface area contributed by atoms with Gasteiger partial charge in [-0.25, -0.2) is 8.42 Å². The number of H-pyrrole nitrogens is 1. The lowest BCUT2D eigenvalue weighted by Gasteiger charge is -2.12. The first kappa shape index (κ1) is 16.3. The summed E-state index contributed by atoms with van der Waals surface area (Å²) in [4.78, 5) is 13.8. The lowest BCUT2D eigenvalue weighted by Crippen LogP contribution is -2.18. The number of aromatic nitrogens is 2. The molecular formula is C14H19N3O4S. The number of aryl methyl sites for hydroxylation is 1. The minimum absolute atomic E-state index is 0.129. The molecule has 2 N–H and O–H groups in total. The molecule has 0 aliphatic heterocycles. The van der Waals surface area contributed by atoms with Crippen molar-refractivity contribution < 1.29 is 12.9 Å². The molecule has 0 amide bonds. The average molecular weight is 325 g/mol. The number of anilines is 1. The molecule has 22 heavy (non-hydrogen) atoms. The Morgan fingerprint density at radius 1 is 1.27 bits per heavy atom. The second kappa shape index (κ2) is 5.60. The van der Waals surface area contributed by atoms with Gasteiger partial charge in [-0.1, -0.05) is 25.9 Å². The molecule has 0 aromatic carbocycles. The zero-order chi connectivity index (χ0) is 16.5. The Hall–Kier alpha value is -2.09. The highest BCUT2D eigenvalue weighted by Crippen LogP contribution is 2.23. The molecule has 2 aromatic heterocycles. The van der Waals surface area contributed by atoms with E-state index in [4.69, 9.17) is 4.52 Å². The van der Waals surface area contributed by atoms with Crippen molar-refractivity contribution in [3.05, 3.63) is 45.6 Å². The molecule has 7 nitrogen and oxygen atoms in total. The van der Waals surface area contributed by atoms with Gasteiger partial charge < -0.3 is 9.51 Å². The predicted octanol–water partition coefficient (Wildman–Crippen LogP) is 1.91. The first-order valence-corrected chi connectivity index (χ1v) is 8.38. The van der Waals surface area contributed by atoms with Crippen molar-refractivity contribution in [1.82, 2.24) is 10.1 Å². The van der Waals surface area contributed by atoms with Crippen LogP contribution in [0.5, 0.6) is 0 Å². The first-order valence-electron chi connectivity index (χ1n) is 6.73. The minimum Gasteiger partial charge on any atom is -0.361 e. The fourth-order valence-electron chi connectivity index (χ4n) is 1.87. The number of nitrogens with one attached hydrogen (secondary N) is 2. The van der Waals surface area contributed by atoms with Gasteiger partial charge >= 0.3 is 0 Å². The maximum Gasteiger partial charge on any atom is 0.249 e. The highest BCUT2D eigenvalue weighted by atomic mass is 32.2. The number of nitrogens with zero attached hydrogens (tertiary/aromatic N) is 1. The van der Waals surface area contributed by atoms with Gasteiger partial charge in [-0.05, 0) is 18.6 Å². The van der Waals surface area contributed by atoms with E-state index in [0.717, 1.165) is 0 Å². The Bertz CT molecular complexity index is 828. The largest absolute Gasteiger partial charge is 0.361 e. The van der Waals surface area contributed by atoms with Crippen LogP contribution < -0.4 is 10.3 Å². The van der Waals surface area contributed by atoms with Crippen molar-refractivity contribution in [2.45, 2.75) is 38.9 Å². The summed E-state index contributed by atoms with van der Waals surface area (Å²) in [5.41, 5.74) is 0.365. The van der Waals surface area contributed by atoms with Crippen LogP contribution >= 0.6 is 0 Å². The third-order valence-corrected chi connectivity index (χ3v) is 4.10. The number of sulfonamides is 1. The van der Waals surface area contributed by atoms with Crippen molar-refractivity contribution in [3.63, 3.8) is 0 Å². The molecule has 0 radical (unpaired) electrons. The number of aromatic amines is 1. The van der Waals surface area contributed by atoms with Crippen molar-refractivity contribution in [1.29, 1.82) is 0 Å². The third kappa shape index (κ3) is 4.20. The molecule has 8 heteroatoms. The van der Waals surface area contributed by atoms with Crippen molar-refractivity contribution in [3.8, 4) is 0 Å². The van der Waals surface area contributed by atoms with Gasteiger partial charge in [0.05, 0.1) is 0 Å². The Labute approximate surface area is 128 Å². The number of hydrogen-bond donors (Lipinski definition) is 2. The third-order valence-electron chi connectivity index (χ3n) is 2.89. The molecule has 0 spiro atoms. The van der Waals surface area contributed by atoms with Crippen LogP contribution in [0.15, 0.2) is 27.5 Å². The molecule has 0 saturated heterocycles. The molecule has 2 heterocycles. The summed E-state index contributed by atoms with van der Waals surface area (Å²) in [6, 6.07) is 4.55. The van der Waals surface area contributed by atoms with Gasteiger partial charge in [0.25, 0.3) is 0 Å². The summed E-state index contributed by atoms with van der Waals surface area (Å²) in [6.07, 6.45) is 0. The summed E-state index contributed by atoms with van der Waals surface area (Å²) in [7, 11) is -3.70. The van der Waals surface area contributed by atoms with E-state index >= 15 is 0 Å². The van der Waals surface area contributed by atoms with E-state index in [1.165, 1.54) is 6.07 Å². The number of rotatable bonds is 4. The van der Waals surface area contributed by atoms with Crippen LogP contribution in [0, 0.1) is 6.92 Å². The Morgan fingerprint density at radius 2 is 1.95 bits per heavy atom. The molecular weight excluding hydrogens is 306 g/mol. The lowest BCUT2D eigenvalue weighted by molar-refractivity contribution is 0.327. The molecule has 0 aliphatic carbocycles. The zero-order valence-electron chi connectivity index (χ0n) is 12.9. The molecule has 0 bridgehead atoms. The molecule has 2 aromatic rings. The minimum atomic E-state index is -3.70. The Morgan fingerprint density at radius 3 is 2.50 bits per heavy atom. The second-order valence-corrected chi connectivity index (χ2v) is 7.95. The van der Waals surface area contributed by atoms with Gasteiger partial charge in [0, 0.05) is 17.5 Å². The topological polar surface area (TPSA) is 105 Å². The first-order chi connectivity index (χ1) is 10.0. The summed E-state index contributed by atoms with van der Waals surface area (Å²) in [6.45, 7) is 7.55. The van der Waals surface area contributed by atoms with E-state index in [-0.39, 0.29) is 22.5 Å². The van der Waals surface area contributed by atoms with Crippen LogP contribution in [-0.2, 0) is 21.2 Å². The maximum absolute atomic E-state index is 12.1. The van der Waals surface area contributed by atoms with Gasteiger partial charge in [-0.3, -0.25) is 9.52 Å². The zero-order valence-corrected chi connectivity index (χ0v) is 13.7. The SMILES string of the molecule is Cc1cc(NS(=O)(=O)Cc2cc(C(C)(C)C)on2)[nH]c(=O)c1. The van der Waals surface area contributed by atoms with Crippen molar-refractivity contribution in [2.24, 2.45) is 0 Å². The number of pyridine rings is 1. The molecule has 2 rings (SSSR count).